The first-order valence-corrected chi connectivity index (χ1v) is 8.22. The Bertz CT molecular complexity index is 537. The van der Waals surface area contributed by atoms with Gasteiger partial charge in [0.15, 0.2) is 0 Å². The van der Waals surface area contributed by atoms with E-state index in [0.717, 1.165) is 12.8 Å². The maximum atomic E-state index is 13.7. The number of amides is 1. The van der Waals surface area contributed by atoms with E-state index in [4.69, 9.17) is 11.6 Å². The lowest BCUT2D eigenvalue weighted by Gasteiger charge is -2.32. The van der Waals surface area contributed by atoms with Crippen LogP contribution in [-0.4, -0.2) is 11.9 Å². The highest BCUT2D eigenvalue weighted by Gasteiger charge is 2.27. The molecule has 1 rings (SSSR count). The van der Waals surface area contributed by atoms with Gasteiger partial charge in [0.25, 0.3) is 0 Å². The van der Waals surface area contributed by atoms with E-state index >= 15 is 0 Å². The fraction of sp³-hybridized carbons (Fsp3) is 0.611. The molecule has 0 aliphatic heterocycles. The molecule has 1 atom stereocenters. The van der Waals surface area contributed by atoms with Crippen molar-refractivity contribution in [1.82, 2.24) is 0 Å². The van der Waals surface area contributed by atoms with Crippen molar-refractivity contribution < 1.29 is 9.18 Å². The summed E-state index contributed by atoms with van der Waals surface area (Å²) in [4.78, 5) is 14.5. The average Bonchev–Trinajstić information content (AvgIpc) is 2.34. The summed E-state index contributed by atoms with van der Waals surface area (Å²) >= 11 is 6.22. The molecule has 0 aromatic heterocycles. The Morgan fingerprint density at radius 2 is 1.95 bits per heavy atom. The predicted octanol–water partition coefficient (Wildman–Crippen LogP) is 5.75. The van der Waals surface area contributed by atoms with E-state index in [-0.39, 0.29) is 28.2 Å². The molecule has 0 fully saturated rings. The molecule has 0 radical (unpaired) electrons. The molecule has 0 saturated heterocycles. The lowest BCUT2D eigenvalue weighted by molar-refractivity contribution is -0.120. The van der Waals surface area contributed by atoms with Crippen molar-refractivity contribution in [1.29, 1.82) is 0 Å². The summed E-state index contributed by atoms with van der Waals surface area (Å²) in [5, 5.41) is 0.285. The molecule has 0 aliphatic carbocycles. The Morgan fingerprint density at radius 1 is 1.36 bits per heavy atom. The van der Waals surface area contributed by atoms with Gasteiger partial charge in [0.2, 0.25) is 5.91 Å². The third-order valence-corrected chi connectivity index (χ3v) is 3.89. The smallest absolute Gasteiger partial charge is 0.227 e. The second-order valence-electron chi connectivity index (χ2n) is 7.19. The Morgan fingerprint density at radius 3 is 2.45 bits per heavy atom. The van der Waals surface area contributed by atoms with E-state index in [1.807, 2.05) is 27.7 Å². The zero-order chi connectivity index (χ0) is 17.1. The third kappa shape index (κ3) is 4.98. The van der Waals surface area contributed by atoms with Crippen LogP contribution in [-0.2, 0) is 4.79 Å². The number of carbonyl (C=O) groups is 1. The molecule has 4 heteroatoms. The van der Waals surface area contributed by atoms with Gasteiger partial charge in [0, 0.05) is 12.5 Å². The number of anilines is 1. The number of rotatable bonds is 5. The monoisotopic (exact) mass is 327 g/mol. The number of halogens is 2. The van der Waals surface area contributed by atoms with Crippen LogP contribution in [0.2, 0.25) is 5.02 Å². The largest absolute Gasteiger partial charge is 0.308 e. The van der Waals surface area contributed by atoms with Crippen LogP contribution < -0.4 is 4.90 Å². The van der Waals surface area contributed by atoms with Crippen molar-refractivity contribution in [3.63, 3.8) is 0 Å². The summed E-state index contributed by atoms with van der Waals surface area (Å²) < 4.78 is 13.7. The normalized spacial score (nSPS) is 13.1. The standard InChI is InChI=1S/C18H27ClFNO/c1-7-8-13(3)21(17(22)11-18(4,5)6)16-9-12(2)15(20)10-14(16)19/h9-10,13H,7-8,11H2,1-6H3. The first-order chi connectivity index (χ1) is 10.1. The van der Waals surface area contributed by atoms with E-state index in [9.17, 15) is 9.18 Å². The van der Waals surface area contributed by atoms with E-state index in [2.05, 4.69) is 6.92 Å². The second kappa shape index (κ2) is 7.45. The van der Waals surface area contributed by atoms with Crippen LogP contribution in [0.15, 0.2) is 12.1 Å². The minimum Gasteiger partial charge on any atom is -0.308 e. The van der Waals surface area contributed by atoms with Crippen LogP contribution in [0, 0.1) is 18.2 Å². The second-order valence-corrected chi connectivity index (χ2v) is 7.60. The van der Waals surface area contributed by atoms with Crippen LogP contribution in [0.3, 0.4) is 0 Å². The summed E-state index contributed by atoms with van der Waals surface area (Å²) in [6.07, 6.45) is 2.27. The number of carbonyl (C=O) groups excluding carboxylic acids is 1. The summed E-state index contributed by atoms with van der Waals surface area (Å²) in [5.74, 6) is -0.318. The molecule has 124 valence electrons. The molecule has 1 aromatic carbocycles. The van der Waals surface area contributed by atoms with Crippen LogP contribution in [0.1, 0.15) is 59.4 Å². The summed E-state index contributed by atoms with van der Waals surface area (Å²) in [5.41, 5.74) is 0.996. The van der Waals surface area contributed by atoms with E-state index in [1.165, 1.54) is 6.07 Å². The Kier molecular flexibility index (Phi) is 6.42. The molecule has 0 bridgehead atoms. The van der Waals surface area contributed by atoms with Gasteiger partial charge in [-0.05, 0) is 43.4 Å². The minimum atomic E-state index is -0.347. The van der Waals surface area contributed by atoms with Crippen LogP contribution in [0.5, 0.6) is 0 Å². The van der Waals surface area contributed by atoms with Gasteiger partial charge in [0.1, 0.15) is 5.82 Å². The van der Waals surface area contributed by atoms with E-state index in [0.29, 0.717) is 17.7 Å². The highest BCUT2D eigenvalue weighted by molar-refractivity contribution is 6.33. The van der Waals surface area contributed by atoms with E-state index < -0.39 is 0 Å². The number of nitrogens with zero attached hydrogens (tertiary/aromatic N) is 1. The molecule has 0 spiro atoms. The van der Waals surface area contributed by atoms with E-state index in [1.54, 1.807) is 17.9 Å². The Balaban J connectivity index is 3.26. The molecule has 2 nitrogen and oxygen atoms in total. The molecule has 1 aromatic rings. The first kappa shape index (κ1) is 19.0. The Labute approximate surface area is 138 Å². The van der Waals surface area contributed by atoms with Gasteiger partial charge < -0.3 is 4.90 Å². The van der Waals surface area contributed by atoms with Gasteiger partial charge in [-0.1, -0.05) is 45.7 Å². The van der Waals surface area contributed by atoms with Crippen molar-refractivity contribution in [2.45, 2.75) is 66.8 Å². The quantitative estimate of drug-likeness (QED) is 0.674. The van der Waals surface area contributed by atoms with Gasteiger partial charge in [-0.25, -0.2) is 4.39 Å². The molecule has 0 heterocycles. The highest BCUT2D eigenvalue weighted by Crippen LogP contribution is 2.33. The topological polar surface area (TPSA) is 20.3 Å². The van der Waals surface area contributed by atoms with Gasteiger partial charge in [0.05, 0.1) is 10.7 Å². The zero-order valence-corrected chi connectivity index (χ0v) is 15.2. The maximum absolute atomic E-state index is 13.7. The Hall–Kier alpha value is -1.09. The fourth-order valence-electron chi connectivity index (χ4n) is 2.53. The first-order valence-electron chi connectivity index (χ1n) is 7.84. The van der Waals surface area contributed by atoms with Gasteiger partial charge >= 0.3 is 0 Å². The van der Waals surface area contributed by atoms with Crippen LogP contribution >= 0.6 is 11.6 Å². The molecule has 1 amide bonds. The highest BCUT2D eigenvalue weighted by atomic mass is 35.5. The van der Waals surface area contributed by atoms with Gasteiger partial charge in [-0.15, -0.1) is 0 Å². The molecular formula is C18H27ClFNO. The molecule has 0 N–H and O–H groups in total. The average molecular weight is 328 g/mol. The lowest BCUT2D eigenvalue weighted by Crippen LogP contribution is -2.40. The predicted molar refractivity (Wildman–Crippen MR) is 92.1 cm³/mol. The van der Waals surface area contributed by atoms with Gasteiger partial charge in [-0.3, -0.25) is 4.79 Å². The van der Waals surface area contributed by atoms with Crippen molar-refractivity contribution in [3.05, 3.63) is 28.5 Å². The third-order valence-electron chi connectivity index (χ3n) is 3.59. The maximum Gasteiger partial charge on any atom is 0.227 e. The lowest BCUT2D eigenvalue weighted by atomic mass is 9.91. The zero-order valence-electron chi connectivity index (χ0n) is 14.5. The molecule has 22 heavy (non-hydrogen) atoms. The summed E-state index contributed by atoms with van der Waals surface area (Å²) in [6, 6.07) is 2.99. The van der Waals surface area contributed by atoms with Gasteiger partial charge in [-0.2, -0.15) is 0 Å². The fourth-order valence-corrected chi connectivity index (χ4v) is 2.77. The van der Waals surface area contributed by atoms with Crippen LogP contribution in [0.4, 0.5) is 10.1 Å². The van der Waals surface area contributed by atoms with Crippen LogP contribution in [0.25, 0.3) is 0 Å². The number of benzene rings is 1. The number of hydrogen-bond acceptors (Lipinski definition) is 1. The minimum absolute atomic E-state index is 0.0290. The summed E-state index contributed by atoms with van der Waals surface area (Å²) in [7, 11) is 0. The number of hydrogen-bond donors (Lipinski definition) is 0. The molecular weight excluding hydrogens is 301 g/mol. The molecule has 0 aliphatic rings. The SMILES string of the molecule is CCCC(C)N(C(=O)CC(C)(C)C)c1cc(C)c(F)cc1Cl. The molecule has 1 unspecified atom stereocenters. The van der Waals surface area contributed by atoms with Crippen molar-refractivity contribution in [2.75, 3.05) is 4.90 Å². The summed E-state index contributed by atoms with van der Waals surface area (Å²) in [6.45, 7) is 11.9. The number of aryl methyl sites for hydroxylation is 1. The molecule has 0 saturated carbocycles. The van der Waals surface area contributed by atoms with Crippen molar-refractivity contribution >= 4 is 23.2 Å². The van der Waals surface area contributed by atoms with Crippen molar-refractivity contribution in [2.24, 2.45) is 5.41 Å². The van der Waals surface area contributed by atoms with Crippen molar-refractivity contribution in [3.8, 4) is 0 Å².